The molecule has 192 valence electrons. The normalized spacial score (nSPS) is 11.6. The highest BCUT2D eigenvalue weighted by atomic mass is 32.2. The van der Waals surface area contributed by atoms with E-state index in [9.17, 15) is 14.7 Å². The third kappa shape index (κ3) is 11.5. The molecule has 0 fully saturated rings. The Kier molecular flexibility index (Phi) is 13.7. The van der Waals surface area contributed by atoms with Crippen LogP contribution >= 0.6 is 11.8 Å². The number of carboxylic acid groups (broad SMARTS) is 1. The highest BCUT2D eigenvalue weighted by Gasteiger charge is 2.18. The van der Waals surface area contributed by atoms with Gasteiger partial charge in [-0.3, -0.25) is 0 Å². The van der Waals surface area contributed by atoms with E-state index in [-0.39, 0.29) is 6.09 Å². The zero-order valence-corrected chi connectivity index (χ0v) is 21.5. The lowest BCUT2D eigenvalue weighted by Gasteiger charge is -2.22. The molecule has 0 heterocycles. The van der Waals surface area contributed by atoms with Gasteiger partial charge in [-0.05, 0) is 48.9 Å². The van der Waals surface area contributed by atoms with Gasteiger partial charge in [0.1, 0.15) is 18.1 Å². The predicted octanol–water partition coefficient (Wildman–Crippen LogP) is 5.52. The molecule has 2 aromatic rings. The van der Waals surface area contributed by atoms with Gasteiger partial charge in [0.05, 0.1) is 6.54 Å². The van der Waals surface area contributed by atoms with Crippen LogP contribution in [0.1, 0.15) is 38.7 Å². The molecule has 0 bridgehead atoms. The molecule has 35 heavy (non-hydrogen) atoms. The number of unbranched alkanes of at least 4 members (excludes halogenated alkanes) is 2. The van der Waals surface area contributed by atoms with E-state index >= 15 is 0 Å². The van der Waals surface area contributed by atoms with E-state index < -0.39 is 12.1 Å². The first-order valence-electron chi connectivity index (χ1n) is 12.2. The smallest absolute Gasteiger partial charge is 0.415 e. The number of carbonyl (C=O) groups is 2. The van der Waals surface area contributed by atoms with Crippen LogP contribution in [0.2, 0.25) is 0 Å². The summed E-state index contributed by atoms with van der Waals surface area (Å²) in [6.07, 6.45) is 2.64. The molecular formula is C27H37NO6S. The quantitative estimate of drug-likeness (QED) is 0.284. The average molecular weight is 504 g/mol. The maximum Gasteiger partial charge on any atom is 0.415 e. The fourth-order valence-corrected chi connectivity index (χ4v) is 4.27. The van der Waals surface area contributed by atoms with Crippen molar-refractivity contribution in [1.82, 2.24) is 4.90 Å². The zero-order chi connectivity index (χ0) is 25.3. The van der Waals surface area contributed by atoms with Gasteiger partial charge in [-0.15, -0.1) is 0 Å². The summed E-state index contributed by atoms with van der Waals surface area (Å²) in [6, 6.07) is 16.3. The Morgan fingerprint density at radius 2 is 1.69 bits per heavy atom. The maximum atomic E-state index is 12.8. The second-order valence-corrected chi connectivity index (χ2v) is 9.19. The zero-order valence-electron chi connectivity index (χ0n) is 20.7. The molecule has 0 saturated carbocycles. The number of carboxylic acids is 1. The molecule has 2 rings (SSSR count). The van der Waals surface area contributed by atoms with Crippen LogP contribution in [0.5, 0.6) is 11.5 Å². The molecule has 1 atom stereocenters. The molecule has 1 amide bonds. The molecule has 2 aromatic carbocycles. The summed E-state index contributed by atoms with van der Waals surface area (Å²) in [4.78, 5) is 25.7. The van der Waals surface area contributed by atoms with Crippen molar-refractivity contribution in [3.63, 3.8) is 0 Å². The molecule has 0 saturated heterocycles. The van der Waals surface area contributed by atoms with Gasteiger partial charge in [0.2, 0.25) is 0 Å². The number of ether oxygens (including phenoxy) is 3. The van der Waals surface area contributed by atoms with E-state index in [0.717, 1.165) is 17.1 Å². The van der Waals surface area contributed by atoms with Crippen molar-refractivity contribution in [2.75, 3.05) is 37.8 Å². The van der Waals surface area contributed by atoms with Gasteiger partial charge in [0.25, 0.3) is 0 Å². The molecule has 7 nitrogen and oxygen atoms in total. The number of para-hydroxylation sites is 1. The summed E-state index contributed by atoms with van der Waals surface area (Å²) in [6.45, 7) is 5.61. The Bertz CT molecular complexity index is 862. The number of amides is 1. The number of thioether (sulfide) groups is 1. The standard InChI is InChI=1S/C27H37NO6S/c1-3-5-9-19-35-20-17-28(27(31)34-24-10-7-6-8-11-24)16-18-33-23-14-12-22(13-15-23)21-25(26(29)30)32-4-2/h6-8,10-15,25H,3-5,9,16-21H2,1-2H3,(H,29,30). The number of hydrogen-bond acceptors (Lipinski definition) is 6. The molecule has 0 radical (unpaired) electrons. The van der Waals surface area contributed by atoms with Gasteiger partial charge in [0.15, 0.2) is 6.10 Å². The lowest BCUT2D eigenvalue weighted by Crippen LogP contribution is -2.38. The second kappa shape index (κ2) is 16.8. The topological polar surface area (TPSA) is 85.3 Å². The Morgan fingerprint density at radius 3 is 2.34 bits per heavy atom. The number of nitrogens with zero attached hydrogens (tertiary/aromatic N) is 1. The van der Waals surface area contributed by atoms with E-state index in [1.807, 2.05) is 42.1 Å². The molecule has 1 N–H and O–H groups in total. The van der Waals surface area contributed by atoms with Gasteiger partial charge in [0, 0.05) is 25.3 Å². The summed E-state index contributed by atoms with van der Waals surface area (Å²) in [5, 5.41) is 9.25. The van der Waals surface area contributed by atoms with Gasteiger partial charge < -0.3 is 24.2 Å². The van der Waals surface area contributed by atoms with Crippen LogP contribution in [0.25, 0.3) is 0 Å². The van der Waals surface area contributed by atoms with E-state index in [1.54, 1.807) is 36.1 Å². The molecule has 1 unspecified atom stereocenters. The fourth-order valence-electron chi connectivity index (χ4n) is 3.31. The van der Waals surface area contributed by atoms with E-state index in [4.69, 9.17) is 14.2 Å². The first kappa shape index (κ1) is 28.5. The average Bonchev–Trinajstić information content (AvgIpc) is 2.86. The van der Waals surface area contributed by atoms with Crippen LogP contribution in [0.15, 0.2) is 54.6 Å². The number of benzene rings is 2. The van der Waals surface area contributed by atoms with Crippen LogP contribution in [0.4, 0.5) is 4.79 Å². The summed E-state index contributed by atoms with van der Waals surface area (Å²) < 4.78 is 16.6. The van der Waals surface area contributed by atoms with E-state index in [0.29, 0.717) is 44.2 Å². The minimum atomic E-state index is -0.974. The SMILES string of the molecule is CCCCCSCCN(CCOc1ccc(CC(OCC)C(=O)O)cc1)C(=O)Oc1ccccc1. The summed E-state index contributed by atoms with van der Waals surface area (Å²) in [5.41, 5.74) is 0.853. The summed E-state index contributed by atoms with van der Waals surface area (Å²) >= 11 is 1.84. The van der Waals surface area contributed by atoms with Gasteiger partial charge >= 0.3 is 12.1 Å². The fraction of sp³-hybridized carbons (Fsp3) is 0.481. The van der Waals surface area contributed by atoms with Crippen LogP contribution in [-0.4, -0.2) is 66.0 Å². The van der Waals surface area contributed by atoms with Gasteiger partial charge in [-0.2, -0.15) is 11.8 Å². The third-order valence-electron chi connectivity index (χ3n) is 5.22. The van der Waals surface area contributed by atoms with E-state index in [1.165, 1.54) is 19.3 Å². The molecule has 0 aromatic heterocycles. The van der Waals surface area contributed by atoms with Crippen LogP contribution in [0, 0.1) is 0 Å². The number of carbonyl (C=O) groups excluding carboxylic acids is 1. The lowest BCUT2D eigenvalue weighted by molar-refractivity contribution is -0.149. The van der Waals surface area contributed by atoms with Crippen LogP contribution in [-0.2, 0) is 16.0 Å². The Labute approximate surface area is 212 Å². The number of aliphatic carboxylic acids is 1. The molecule has 0 aliphatic rings. The highest BCUT2D eigenvalue weighted by molar-refractivity contribution is 7.99. The number of hydrogen-bond donors (Lipinski definition) is 1. The van der Waals surface area contributed by atoms with Crippen LogP contribution < -0.4 is 9.47 Å². The third-order valence-corrected chi connectivity index (χ3v) is 6.27. The molecule has 0 aliphatic heterocycles. The van der Waals surface area contributed by atoms with Crippen molar-refractivity contribution in [3.8, 4) is 11.5 Å². The lowest BCUT2D eigenvalue weighted by atomic mass is 10.1. The first-order valence-corrected chi connectivity index (χ1v) is 13.3. The maximum absolute atomic E-state index is 12.8. The minimum absolute atomic E-state index is 0.290. The van der Waals surface area contributed by atoms with Crippen molar-refractivity contribution in [2.24, 2.45) is 0 Å². The van der Waals surface area contributed by atoms with Crippen LogP contribution in [0.3, 0.4) is 0 Å². The van der Waals surface area contributed by atoms with Crippen molar-refractivity contribution < 1.29 is 28.9 Å². The van der Waals surface area contributed by atoms with Gasteiger partial charge in [-0.1, -0.05) is 50.1 Å². The van der Waals surface area contributed by atoms with Crippen molar-refractivity contribution >= 4 is 23.8 Å². The minimum Gasteiger partial charge on any atom is -0.492 e. The first-order chi connectivity index (χ1) is 17.0. The molecule has 0 aliphatic carbocycles. The van der Waals surface area contributed by atoms with Crippen molar-refractivity contribution in [3.05, 3.63) is 60.2 Å². The van der Waals surface area contributed by atoms with Crippen molar-refractivity contribution in [1.29, 1.82) is 0 Å². The van der Waals surface area contributed by atoms with E-state index in [2.05, 4.69) is 6.92 Å². The molecule has 8 heteroatoms. The Balaban J connectivity index is 1.86. The number of rotatable bonds is 17. The summed E-state index contributed by atoms with van der Waals surface area (Å²) in [5.74, 6) is 2.12. The highest BCUT2D eigenvalue weighted by Crippen LogP contribution is 2.16. The van der Waals surface area contributed by atoms with Gasteiger partial charge in [-0.25, -0.2) is 9.59 Å². The second-order valence-electron chi connectivity index (χ2n) is 7.97. The monoisotopic (exact) mass is 503 g/mol. The predicted molar refractivity (Wildman–Crippen MR) is 140 cm³/mol. The van der Waals surface area contributed by atoms with Crippen molar-refractivity contribution in [2.45, 2.75) is 45.6 Å². The molecular weight excluding hydrogens is 466 g/mol. The summed E-state index contributed by atoms with van der Waals surface area (Å²) in [7, 11) is 0. The molecule has 0 spiro atoms. The Hall–Kier alpha value is -2.71. The largest absolute Gasteiger partial charge is 0.492 e. The Morgan fingerprint density at radius 1 is 0.943 bits per heavy atom.